The molecule has 56 valence electrons. The molecule has 0 rings (SSSR count). The summed E-state index contributed by atoms with van der Waals surface area (Å²) in [7, 11) is 0. The summed E-state index contributed by atoms with van der Waals surface area (Å²) in [5.74, 6) is -0.442. The molecule has 0 saturated heterocycles. The first-order valence-corrected chi connectivity index (χ1v) is 4.21. The molecule has 0 aliphatic carbocycles. The van der Waals surface area contributed by atoms with Crippen molar-refractivity contribution < 1.29 is 9.53 Å². The van der Waals surface area contributed by atoms with Crippen LogP contribution in [0.1, 0.15) is 0 Å². The highest BCUT2D eigenvalue weighted by Gasteiger charge is 2.06. The Labute approximate surface area is 69.6 Å². The second kappa shape index (κ2) is 5.44. The topological polar surface area (TPSA) is 26.3 Å². The monoisotopic (exact) mass is 176 g/mol. The molecule has 2 nitrogen and oxygen atoms in total. The lowest BCUT2D eigenvalue weighted by Gasteiger charge is -1.98. The highest BCUT2D eigenvalue weighted by Crippen LogP contribution is 1.99. The molecule has 0 heterocycles. The van der Waals surface area contributed by atoms with Gasteiger partial charge in [0.1, 0.15) is 6.61 Å². The van der Waals surface area contributed by atoms with Gasteiger partial charge in [-0.1, -0.05) is 24.9 Å². The van der Waals surface area contributed by atoms with Gasteiger partial charge in [0.05, 0.1) is 0 Å². The molecular weight excluding hydrogens is 168 g/mol. The van der Waals surface area contributed by atoms with Crippen LogP contribution in [0.15, 0.2) is 12.7 Å². The first-order valence-electron chi connectivity index (χ1n) is 2.58. The lowest BCUT2D eigenvalue weighted by molar-refractivity contribution is -0.133. The lowest BCUT2D eigenvalue weighted by Crippen LogP contribution is -2.11. The zero-order valence-corrected chi connectivity index (χ0v) is 7.26. The first-order chi connectivity index (χ1) is 4.72. The van der Waals surface area contributed by atoms with E-state index >= 15 is 0 Å². The molecular formula is C6H8O2S2. The number of hydrogen-bond donors (Lipinski definition) is 0. The van der Waals surface area contributed by atoms with E-state index in [1.807, 2.05) is 0 Å². The smallest absolute Gasteiger partial charge is 0.356 e. The maximum atomic E-state index is 10.7. The molecule has 0 radical (unpaired) electrons. The third kappa shape index (κ3) is 3.63. The van der Waals surface area contributed by atoms with E-state index in [1.165, 1.54) is 17.8 Å². The first kappa shape index (κ1) is 9.65. The molecule has 0 fully saturated rings. The van der Waals surface area contributed by atoms with Gasteiger partial charge < -0.3 is 4.74 Å². The number of carbonyl (C=O) groups is 1. The van der Waals surface area contributed by atoms with E-state index in [1.54, 1.807) is 6.26 Å². The van der Waals surface area contributed by atoms with Crippen LogP contribution >= 0.6 is 24.0 Å². The summed E-state index contributed by atoms with van der Waals surface area (Å²) >= 11 is 5.85. The van der Waals surface area contributed by atoms with E-state index in [0.717, 1.165) is 0 Å². The van der Waals surface area contributed by atoms with Crippen molar-refractivity contribution in [3.8, 4) is 0 Å². The van der Waals surface area contributed by atoms with E-state index in [2.05, 4.69) is 23.5 Å². The van der Waals surface area contributed by atoms with E-state index in [-0.39, 0.29) is 10.8 Å². The molecule has 0 aliphatic heterocycles. The van der Waals surface area contributed by atoms with Crippen LogP contribution in [-0.4, -0.2) is 23.0 Å². The average Bonchev–Trinajstić information content (AvgIpc) is 1.98. The number of thioether (sulfide) groups is 1. The third-order valence-electron chi connectivity index (χ3n) is 0.684. The second-order valence-corrected chi connectivity index (χ2v) is 2.86. The second-order valence-electron chi connectivity index (χ2n) is 1.38. The molecule has 0 atom stereocenters. The van der Waals surface area contributed by atoms with Gasteiger partial charge in [-0.05, 0) is 6.26 Å². The third-order valence-corrected chi connectivity index (χ3v) is 1.89. The van der Waals surface area contributed by atoms with Crippen molar-refractivity contribution in [1.29, 1.82) is 0 Å². The zero-order chi connectivity index (χ0) is 7.98. The number of esters is 1. The molecule has 0 aliphatic rings. The van der Waals surface area contributed by atoms with Crippen LogP contribution in [0, 0.1) is 0 Å². The van der Waals surface area contributed by atoms with Crippen LogP contribution < -0.4 is 0 Å². The Kier molecular flexibility index (Phi) is 5.25. The fraction of sp³-hybridized carbons (Fsp3) is 0.333. The minimum absolute atomic E-state index is 0.222. The fourth-order valence-corrected chi connectivity index (χ4v) is 0.561. The van der Waals surface area contributed by atoms with Crippen molar-refractivity contribution >= 4 is 34.1 Å². The fourth-order valence-electron chi connectivity index (χ4n) is 0.277. The van der Waals surface area contributed by atoms with Crippen molar-refractivity contribution in [3.63, 3.8) is 0 Å². The van der Waals surface area contributed by atoms with Crippen LogP contribution in [0.3, 0.4) is 0 Å². The summed E-state index contributed by atoms with van der Waals surface area (Å²) in [6.45, 7) is 3.61. The Morgan fingerprint density at radius 3 is 2.90 bits per heavy atom. The molecule has 0 aromatic carbocycles. The number of rotatable bonds is 2. The summed E-state index contributed by atoms with van der Waals surface area (Å²) in [5.41, 5.74) is 0. The SMILES string of the molecule is C=CCOC(=O)C(=S)SC. The maximum absolute atomic E-state index is 10.7. The largest absolute Gasteiger partial charge is 0.457 e. The molecule has 0 unspecified atom stereocenters. The van der Waals surface area contributed by atoms with Crippen molar-refractivity contribution in [3.05, 3.63) is 12.7 Å². The number of thiocarbonyl (C=S) groups is 1. The Morgan fingerprint density at radius 1 is 1.90 bits per heavy atom. The molecule has 0 aromatic rings. The quantitative estimate of drug-likeness (QED) is 0.361. The molecule has 0 spiro atoms. The Morgan fingerprint density at radius 2 is 2.50 bits per heavy atom. The van der Waals surface area contributed by atoms with Crippen LogP contribution in [0.25, 0.3) is 0 Å². The molecule has 0 saturated carbocycles. The van der Waals surface area contributed by atoms with Gasteiger partial charge in [0.2, 0.25) is 0 Å². The van der Waals surface area contributed by atoms with Gasteiger partial charge >= 0.3 is 5.97 Å². The standard InChI is InChI=1S/C6H8O2S2/c1-3-4-8-5(7)6(9)10-2/h3H,1,4H2,2H3. The Balaban J connectivity index is 3.62. The molecule has 0 amide bonds. The van der Waals surface area contributed by atoms with Crippen molar-refractivity contribution in [2.45, 2.75) is 0 Å². The lowest BCUT2D eigenvalue weighted by atomic mass is 10.7. The minimum atomic E-state index is -0.442. The summed E-state index contributed by atoms with van der Waals surface area (Å²) in [4.78, 5) is 10.7. The highest BCUT2D eigenvalue weighted by atomic mass is 32.2. The van der Waals surface area contributed by atoms with Gasteiger partial charge in [-0.2, -0.15) is 0 Å². The van der Waals surface area contributed by atoms with Gasteiger partial charge in [-0.25, -0.2) is 4.79 Å². The van der Waals surface area contributed by atoms with Crippen LogP contribution in [0.5, 0.6) is 0 Å². The average molecular weight is 176 g/mol. The normalized spacial score (nSPS) is 8.50. The van der Waals surface area contributed by atoms with Gasteiger partial charge in [0, 0.05) is 0 Å². The highest BCUT2D eigenvalue weighted by molar-refractivity contribution is 8.24. The van der Waals surface area contributed by atoms with E-state index < -0.39 is 5.97 Å². The summed E-state index contributed by atoms with van der Waals surface area (Å²) in [6, 6.07) is 0. The molecule has 0 bridgehead atoms. The van der Waals surface area contributed by atoms with Gasteiger partial charge in [0.15, 0.2) is 4.20 Å². The minimum Gasteiger partial charge on any atom is -0.457 e. The summed E-state index contributed by atoms with van der Waals surface area (Å²) < 4.78 is 4.88. The number of ether oxygens (including phenoxy) is 1. The van der Waals surface area contributed by atoms with Gasteiger partial charge in [0.25, 0.3) is 0 Å². The number of hydrogen-bond acceptors (Lipinski definition) is 4. The van der Waals surface area contributed by atoms with Gasteiger partial charge in [-0.15, -0.1) is 11.8 Å². The molecule has 0 N–H and O–H groups in total. The predicted octanol–water partition coefficient (Wildman–Crippen LogP) is 1.41. The van der Waals surface area contributed by atoms with Crippen LogP contribution in [0.2, 0.25) is 0 Å². The van der Waals surface area contributed by atoms with Crippen molar-refractivity contribution in [1.82, 2.24) is 0 Å². The summed E-state index contributed by atoms with van der Waals surface area (Å²) in [5, 5.41) is 0. The Bertz CT molecular complexity index is 154. The van der Waals surface area contributed by atoms with Crippen molar-refractivity contribution in [2.24, 2.45) is 0 Å². The molecule has 4 heteroatoms. The van der Waals surface area contributed by atoms with E-state index in [0.29, 0.717) is 0 Å². The van der Waals surface area contributed by atoms with Crippen molar-refractivity contribution in [2.75, 3.05) is 12.9 Å². The molecule has 0 aromatic heterocycles. The Hall–Kier alpha value is -0.350. The summed E-state index contributed by atoms with van der Waals surface area (Å²) in [6.07, 6.45) is 3.23. The molecule has 10 heavy (non-hydrogen) atoms. The number of carbonyl (C=O) groups excluding carboxylic acids is 1. The van der Waals surface area contributed by atoms with E-state index in [4.69, 9.17) is 0 Å². The van der Waals surface area contributed by atoms with Gasteiger partial charge in [-0.3, -0.25) is 0 Å². The van der Waals surface area contributed by atoms with Crippen LogP contribution in [-0.2, 0) is 9.53 Å². The maximum Gasteiger partial charge on any atom is 0.356 e. The zero-order valence-electron chi connectivity index (χ0n) is 5.62. The van der Waals surface area contributed by atoms with E-state index in [9.17, 15) is 4.79 Å². The predicted molar refractivity (Wildman–Crippen MR) is 47.3 cm³/mol. The van der Waals surface area contributed by atoms with Crippen LogP contribution in [0.4, 0.5) is 0 Å².